The van der Waals surface area contributed by atoms with Crippen LogP contribution in [0.1, 0.15) is 16.8 Å². The van der Waals surface area contributed by atoms with E-state index in [0.717, 1.165) is 63.5 Å². The maximum atomic E-state index is 14.8. The minimum atomic E-state index is -0.369. The van der Waals surface area contributed by atoms with Gasteiger partial charge in [-0.15, -0.1) is 0 Å². The Balaban J connectivity index is 1.33. The molecule has 0 bridgehead atoms. The number of hydrogen-bond donors (Lipinski definition) is 3. The topological polar surface area (TPSA) is 121 Å². The zero-order valence-electron chi connectivity index (χ0n) is 25.9. The number of aromatic nitrogens is 5. The third-order valence-corrected chi connectivity index (χ3v) is 7.54. The van der Waals surface area contributed by atoms with Gasteiger partial charge in [0.1, 0.15) is 36.2 Å². The number of ether oxygens (including phenoxy) is 2. The number of hydrogen-bond acceptors (Lipinski definition) is 8. The molecule has 10 nitrogen and oxygen atoms in total. The van der Waals surface area contributed by atoms with Crippen molar-refractivity contribution in [3.8, 4) is 34.1 Å². The lowest BCUT2D eigenvalue weighted by molar-refractivity contribution is 0.260. The van der Waals surface area contributed by atoms with Crippen LogP contribution in [-0.2, 0) is 6.42 Å². The average Bonchev–Trinajstić information content (AvgIpc) is 3.57. The number of H-pyrrole nitrogens is 2. The molecule has 45 heavy (non-hydrogen) atoms. The van der Waals surface area contributed by atoms with Gasteiger partial charge in [-0.05, 0) is 75.7 Å². The molecule has 0 unspecified atom stereocenters. The largest absolute Gasteiger partial charge is 0.492 e. The molecule has 6 rings (SSSR count). The first-order chi connectivity index (χ1) is 21.7. The fourth-order valence-corrected chi connectivity index (χ4v) is 5.21. The molecule has 1 aliphatic rings. The van der Waals surface area contributed by atoms with Crippen LogP contribution in [0.5, 0.6) is 11.5 Å². The molecule has 5 aromatic rings. The zero-order valence-corrected chi connectivity index (χ0v) is 25.9. The molecule has 4 aromatic heterocycles. The van der Waals surface area contributed by atoms with Crippen LogP contribution in [0.15, 0.2) is 72.8 Å². The number of rotatable bonds is 11. The number of fused-ring (bicyclic) bond motifs is 2. The molecule has 0 atom stereocenters. The predicted octanol–water partition coefficient (Wildman–Crippen LogP) is 4.87. The van der Waals surface area contributed by atoms with Gasteiger partial charge < -0.3 is 30.0 Å². The molecule has 4 N–H and O–H groups in total. The maximum Gasteiger partial charge on any atom is 0.138 e. The van der Waals surface area contributed by atoms with Gasteiger partial charge >= 0.3 is 0 Å². The van der Waals surface area contributed by atoms with Crippen molar-refractivity contribution in [1.82, 2.24) is 34.9 Å². The Bertz CT molecular complexity index is 1890. The molecule has 11 heteroatoms. The van der Waals surface area contributed by atoms with Crippen molar-refractivity contribution in [1.29, 1.82) is 0 Å². The number of benzene rings is 1. The third kappa shape index (κ3) is 6.89. The normalized spacial score (nSPS) is 13.1. The number of halogens is 1. The van der Waals surface area contributed by atoms with Crippen LogP contribution in [0.3, 0.4) is 0 Å². The van der Waals surface area contributed by atoms with Gasteiger partial charge in [-0.25, -0.2) is 4.39 Å². The van der Waals surface area contributed by atoms with Gasteiger partial charge in [-0.3, -0.25) is 15.1 Å². The standard InChI is InChI=1S/C34H37FN8O2/c1-42(2)7-9-44-25-12-21(11-23(35)14-25)27-6-5-24(36)15-31-28(27)16-32(39-31)34-29-17-30(38-20-33(29)40-41-34)22-13-26(19-37-18-22)45-10-8-43(3)4/h5-6,11-14,16-20,39H,7-10,15,36H2,1-4H3,(H,40,41). The summed E-state index contributed by atoms with van der Waals surface area (Å²) >= 11 is 0. The van der Waals surface area contributed by atoms with Crippen LogP contribution >= 0.6 is 0 Å². The Hall–Kier alpha value is -5.00. The van der Waals surface area contributed by atoms with Crippen molar-refractivity contribution in [2.75, 3.05) is 54.5 Å². The highest BCUT2D eigenvalue weighted by Crippen LogP contribution is 2.37. The van der Waals surface area contributed by atoms with E-state index in [0.29, 0.717) is 42.4 Å². The Morgan fingerprint density at radius 1 is 0.867 bits per heavy atom. The summed E-state index contributed by atoms with van der Waals surface area (Å²) in [7, 11) is 7.95. The van der Waals surface area contributed by atoms with Gasteiger partial charge in [0, 0.05) is 59.7 Å². The van der Waals surface area contributed by atoms with E-state index in [-0.39, 0.29) is 5.82 Å². The molecular formula is C34H37FN8O2. The molecule has 0 aliphatic heterocycles. The second kappa shape index (κ2) is 12.9. The molecule has 0 fully saturated rings. The number of nitrogens with two attached hydrogens (primary N) is 1. The molecule has 0 radical (unpaired) electrons. The summed E-state index contributed by atoms with van der Waals surface area (Å²) in [5.41, 5.74) is 14.3. The fourth-order valence-electron chi connectivity index (χ4n) is 5.21. The minimum absolute atomic E-state index is 0.369. The molecule has 0 amide bonds. The first kappa shape index (κ1) is 30.0. The summed E-state index contributed by atoms with van der Waals surface area (Å²) in [4.78, 5) is 16.6. The summed E-state index contributed by atoms with van der Waals surface area (Å²) in [5, 5.41) is 8.64. The fraction of sp³-hybridized carbons (Fsp3) is 0.265. The first-order valence-electron chi connectivity index (χ1n) is 14.8. The lowest BCUT2D eigenvalue weighted by atomic mass is 9.97. The van der Waals surface area contributed by atoms with E-state index in [1.807, 2.05) is 69.5 Å². The number of nitrogens with one attached hydrogen (secondary N) is 2. The summed E-state index contributed by atoms with van der Waals surface area (Å²) < 4.78 is 26.6. The number of pyridine rings is 2. The average molecular weight is 609 g/mol. The van der Waals surface area contributed by atoms with Gasteiger partial charge in [-0.1, -0.05) is 6.08 Å². The zero-order chi connectivity index (χ0) is 31.5. The molecule has 0 spiro atoms. The predicted molar refractivity (Wildman–Crippen MR) is 174 cm³/mol. The maximum absolute atomic E-state index is 14.8. The lowest BCUT2D eigenvalue weighted by Crippen LogP contribution is -2.19. The monoisotopic (exact) mass is 608 g/mol. The van der Waals surface area contributed by atoms with Crippen LogP contribution in [0.4, 0.5) is 4.39 Å². The Kier molecular flexibility index (Phi) is 8.63. The van der Waals surface area contributed by atoms with E-state index in [4.69, 9.17) is 15.2 Å². The van der Waals surface area contributed by atoms with Gasteiger partial charge in [0.15, 0.2) is 0 Å². The van der Waals surface area contributed by atoms with E-state index in [9.17, 15) is 4.39 Å². The van der Waals surface area contributed by atoms with Crippen molar-refractivity contribution in [3.05, 3.63) is 95.5 Å². The van der Waals surface area contributed by atoms with E-state index in [1.165, 1.54) is 12.1 Å². The van der Waals surface area contributed by atoms with Crippen molar-refractivity contribution in [2.45, 2.75) is 6.42 Å². The quantitative estimate of drug-likeness (QED) is 0.194. The summed E-state index contributed by atoms with van der Waals surface area (Å²) in [6.45, 7) is 2.54. The van der Waals surface area contributed by atoms with Crippen LogP contribution < -0.4 is 15.2 Å². The third-order valence-electron chi connectivity index (χ3n) is 7.54. The molecule has 232 valence electrons. The van der Waals surface area contributed by atoms with E-state index >= 15 is 0 Å². The van der Waals surface area contributed by atoms with Gasteiger partial charge in [0.05, 0.1) is 29.3 Å². The number of nitrogens with zero attached hydrogens (tertiary/aromatic N) is 5. The van der Waals surface area contributed by atoms with Crippen molar-refractivity contribution >= 4 is 16.5 Å². The van der Waals surface area contributed by atoms with Crippen LogP contribution in [0, 0.1) is 5.82 Å². The smallest absolute Gasteiger partial charge is 0.138 e. The Morgan fingerprint density at radius 3 is 2.40 bits per heavy atom. The Morgan fingerprint density at radius 2 is 1.62 bits per heavy atom. The van der Waals surface area contributed by atoms with Crippen LogP contribution in [0.25, 0.3) is 39.1 Å². The lowest BCUT2D eigenvalue weighted by Gasteiger charge is -2.13. The number of likely N-dealkylation sites (N-methyl/N-ethyl adjacent to an activating group) is 2. The van der Waals surface area contributed by atoms with E-state index < -0.39 is 0 Å². The highest BCUT2D eigenvalue weighted by molar-refractivity contribution is 5.95. The molecule has 4 heterocycles. The second-order valence-electron chi connectivity index (χ2n) is 11.6. The van der Waals surface area contributed by atoms with Gasteiger partial charge in [0.25, 0.3) is 0 Å². The number of allylic oxidation sites excluding steroid dienone is 3. The molecular weight excluding hydrogens is 571 g/mol. The second-order valence-corrected chi connectivity index (χ2v) is 11.6. The SMILES string of the molecule is CN(C)CCOc1cc(F)cc(C2=CC=C(N)Cc3[nH]c(-c4n[nH]c5cnc(-c6cncc(OCCN(C)C)c6)cc45)cc32)c1. The van der Waals surface area contributed by atoms with Crippen LogP contribution in [-0.4, -0.2) is 89.4 Å². The molecule has 1 aromatic carbocycles. The van der Waals surface area contributed by atoms with Crippen LogP contribution in [0.2, 0.25) is 0 Å². The summed E-state index contributed by atoms with van der Waals surface area (Å²) in [6, 6.07) is 10.8. The number of aromatic amines is 2. The minimum Gasteiger partial charge on any atom is -0.492 e. The van der Waals surface area contributed by atoms with Gasteiger partial charge in [0.2, 0.25) is 0 Å². The van der Waals surface area contributed by atoms with E-state index in [2.05, 4.69) is 30.0 Å². The summed E-state index contributed by atoms with van der Waals surface area (Å²) in [6.07, 6.45) is 9.56. The molecule has 1 aliphatic carbocycles. The van der Waals surface area contributed by atoms with Crippen molar-refractivity contribution in [3.63, 3.8) is 0 Å². The molecule has 0 saturated heterocycles. The highest BCUT2D eigenvalue weighted by atomic mass is 19.1. The Labute approximate surface area is 261 Å². The first-order valence-corrected chi connectivity index (χ1v) is 14.8. The summed E-state index contributed by atoms with van der Waals surface area (Å²) in [5.74, 6) is 0.795. The molecule has 0 saturated carbocycles. The van der Waals surface area contributed by atoms with Gasteiger partial charge in [-0.2, -0.15) is 5.10 Å². The van der Waals surface area contributed by atoms with Crippen molar-refractivity contribution in [2.24, 2.45) is 5.73 Å². The van der Waals surface area contributed by atoms with E-state index in [1.54, 1.807) is 18.6 Å². The highest BCUT2D eigenvalue weighted by Gasteiger charge is 2.21. The van der Waals surface area contributed by atoms with Crippen molar-refractivity contribution < 1.29 is 13.9 Å².